The van der Waals surface area contributed by atoms with Gasteiger partial charge < -0.3 is 9.84 Å². The first kappa shape index (κ1) is 11.0. The quantitative estimate of drug-likeness (QED) is 0.846. The molecule has 2 aliphatic rings. The van der Waals surface area contributed by atoms with Gasteiger partial charge in [-0.25, -0.2) is 0 Å². The summed E-state index contributed by atoms with van der Waals surface area (Å²) in [6.07, 6.45) is 5.94. The maximum Gasteiger partial charge on any atom is 0.0946 e. The molecular formula is C15H18O2. The second kappa shape index (κ2) is 3.97. The van der Waals surface area contributed by atoms with Gasteiger partial charge in [0.2, 0.25) is 0 Å². The lowest BCUT2D eigenvalue weighted by molar-refractivity contribution is -0.115. The number of hydrogen-bond acceptors (Lipinski definition) is 2. The van der Waals surface area contributed by atoms with Crippen LogP contribution in [0.5, 0.6) is 0 Å². The predicted octanol–water partition coefficient (Wildman–Crippen LogP) is 2.86. The maximum atomic E-state index is 10.8. The van der Waals surface area contributed by atoms with Crippen molar-refractivity contribution in [1.82, 2.24) is 0 Å². The summed E-state index contributed by atoms with van der Waals surface area (Å²) < 4.78 is 5.79. The molecule has 17 heavy (non-hydrogen) atoms. The third kappa shape index (κ3) is 1.92. The molecule has 0 radical (unpaired) electrons. The van der Waals surface area contributed by atoms with Gasteiger partial charge in [0.05, 0.1) is 17.8 Å². The average Bonchev–Trinajstić information content (AvgIpc) is 2.69. The molecular weight excluding hydrogens is 212 g/mol. The van der Waals surface area contributed by atoms with Crippen LogP contribution in [-0.4, -0.2) is 17.3 Å². The van der Waals surface area contributed by atoms with E-state index in [1.54, 1.807) is 0 Å². The lowest BCUT2D eigenvalue weighted by atomic mass is 9.83. The van der Waals surface area contributed by atoms with E-state index in [0.717, 1.165) is 36.8 Å². The van der Waals surface area contributed by atoms with Gasteiger partial charge in [-0.3, -0.25) is 0 Å². The van der Waals surface area contributed by atoms with Crippen molar-refractivity contribution in [3.05, 3.63) is 42.0 Å². The van der Waals surface area contributed by atoms with Crippen LogP contribution in [0.3, 0.4) is 0 Å². The molecule has 0 spiro atoms. The van der Waals surface area contributed by atoms with E-state index in [4.69, 9.17) is 4.74 Å². The minimum atomic E-state index is -0.705. The molecule has 90 valence electrons. The van der Waals surface area contributed by atoms with E-state index in [0.29, 0.717) is 0 Å². The van der Waals surface area contributed by atoms with Gasteiger partial charge in [-0.2, -0.15) is 0 Å². The standard InChI is InChI=1S/C15H18O2/c1-2-11-4-3-5-12(8-11)15(16)9-13-6-7-14(10-15)17-13/h2-5,8,13-14,16H,1,6-7,9-10H2. The third-order valence-electron chi connectivity index (χ3n) is 3.99. The normalized spacial score (nSPS) is 35.8. The van der Waals surface area contributed by atoms with E-state index in [2.05, 4.69) is 6.58 Å². The van der Waals surface area contributed by atoms with Crippen LogP contribution >= 0.6 is 0 Å². The molecule has 2 fully saturated rings. The summed E-state index contributed by atoms with van der Waals surface area (Å²) >= 11 is 0. The Balaban J connectivity index is 1.93. The van der Waals surface area contributed by atoms with Crippen LogP contribution in [0.15, 0.2) is 30.8 Å². The lowest BCUT2D eigenvalue weighted by Crippen LogP contribution is -2.38. The van der Waals surface area contributed by atoms with Crippen LogP contribution in [0.25, 0.3) is 6.08 Å². The molecule has 2 aliphatic heterocycles. The molecule has 1 aromatic carbocycles. The number of benzene rings is 1. The fourth-order valence-corrected chi connectivity index (χ4v) is 3.11. The Hall–Kier alpha value is -1.12. The van der Waals surface area contributed by atoms with Crippen molar-refractivity contribution in [1.29, 1.82) is 0 Å². The molecule has 2 atom stereocenters. The summed E-state index contributed by atoms with van der Waals surface area (Å²) in [4.78, 5) is 0. The van der Waals surface area contributed by atoms with Gasteiger partial charge in [-0.05, 0) is 30.0 Å². The highest BCUT2D eigenvalue weighted by Crippen LogP contribution is 2.43. The van der Waals surface area contributed by atoms with Crippen molar-refractivity contribution < 1.29 is 9.84 Å². The minimum absolute atomic E-state index is 0.242. The lowest BCUT2D eigenvalue weighted by Gasteiger charge is -2.37. The first-order valence-electron chi connectivity index (χ1n) is 6.30. The molecule has 0 aromatic heterocycles. The van der Waals surface area contributed by atoms with Crippen molar-refractivity contribution in [2.24, 2.45) is 0 Å². The summed E-state index contributed by atoms with van der Waals surface area (Å²) in [5.74, 6) is 0. The molecule has 0 aliphatic carbocycles. The second-order valence-electron chi connectivity index (χ2n) is 5.23. The van der Waals surface area contributed by atoms with Crippen LogP contribution in [0, 0.1) is 0 Å². The number of ether oxygens (including phenoxy) is 1. The zero-order valence-electron chi connectivity index (χ0n) is 9.93. The van der Waals surface area contributed by atoms with E-state index < -0.39 is 5.60 Å². The molecule has 0 saturated carbocycles. The third-order valence-corrected chi connectivity index (χ3v) is 3.99. The van der Waals surface area contributed by atoms with E-state index in [9.17, 15) is 5.11 Å². The van der Waals surface area contributed by atoms with E-state index >= 15 is 0 Å². The van der Waals surface area contributed by atoms with Gasteiger partial charge in [0, 0.05) is 12.8 Å². The maximum absolute atomic E-state index is 10.8. The van der Waals surface area contributed by atoms with Crippen LogP contribution in [0.1, 0.15) is 36.8 Å². The molecule has 2 bridgehead atoms. The van der Waals surface area contributed by atoms with Gasteiger partial charge in [0.1, 0.15) is 0 Å². The summed E-state index contributed by atoms with van der Waals surface area (Å²) in [6, 6.07) is 8.05. The van der Waals surface area contributed by atoms with E-state index in [1.807, 2.05) is 30.3 Å². The molecule has 1 N–H and O–H groups in total. The summed E-state index contributed by atoms with van der Waals surface area (Å²) in [7, 11) is 0. The number of rotatable bonds is 2. The summed E-state index contributed by atoms with van der Waals surface area (Å²) in [5, 5.41) is 10.8. The van der Waals surface area contributed by atoms with Gasteiger partial charge in [-0.1, -0.05) is 30.9 Å². The van der Waals surface area contributed by atoms with Crippen molar-refractivity contribution in [2.75, 3.05) is 0 Å². The SMILES string of the molecule is C=Cc1cccc(C2(O)CC3CCC(C2)O3)c1. The zero-order chi connectivity index (χ0) is 11.9. The largest absolute Gasteiger partial charge is 0.385 e. The Morgan fingerprint density at radius 2 is 2.00 bits per heavy atom. The molecule has 1 aromatic rings. The molecule has 2 nitrogen and oxygen atoms in total. The van der Waals surface area contributed by atoms with Gasteiger partial charge >= 0.3 is 0 Å². The van der Waals surface area contributed by atoms with E-state index in [1.165, 1.54) is 0 Å². The highest BCUT2D eigenvalue weighted by atomic mass is 16.5. The first-order chi connectivity index (χ1) is 8.19. The summed E-state index contributed by atoms with van der Waals surface area (Å²) in [5.41, 5.74) is 1.37. The van der Waals surface area contributed by atoms with Gasteiger partial charge in [0.15, 0.2) is 0 Å². The number of fused-ring (bicyclic) bond motifs is 2. The fourth-order valence-electron chi connectivity index (χ4n) is 3.11. The number of aliphatic hydroxyl groups is 1. The van der Waals surface area contributed by atoms with Gasteiger partial charge in [0.25, 0.3) is 0 Å². The van der Waals surface area contributed by atoms with Crippen LogP contribution in [0.4, 0.5) is 0 Å². The van der Waals surface area contributed by atoms with Crippen molar-refractivity contribution >= 4 is 6.08 Å². The highest BCUT2D eigenvalue weighted by molar-refractivity contribution is 5.49. The highest BCUT2D eigenvalue weighted by Gasteiger charge is 2.44. The Kier molecular flexibility index (Phi) is 2.57. The molecule has 3 rings (SSSR count). The van der Waals surface area contributed by atoms with Crippen molar-refractivity contribution in [3.8, 4) is 0 Å². The molecule has 2 heteroatoms. The Bertz CT molecular complexity index is 426. The first-order valence-corrected chi connectivity index (χ1v) is 6.30. The molecule has 2 unspecified atom stereocenters. The molecule has 0 amide bonds. The van der Waals surface area contributed by atoms with Crippen molar-refractivity contribution in [3.63, 3.8) is 0 Å². The minimum Gasteiger partial charge on any atom is -0.385 e. The van der Waals surface area contributed by atoms with Crippen LogP contribution in [0.2, 0.25) is 0 Å². The van der Waals surface area contributed by atoms with E-state index in [-0.39, 0.29) is 12.2 Å². The monoisotopic (exact) mass is 230 g/mol. The topological polar surface area (TPSA) is 29.5 Å². The Labute approximate surface area is 102 Å². The van der Waals surface area contributed by atoms with Gasteiger partial charge in [-0.15, -0.1) is 0 Å². The average molecular weight is 230 g/mol. The predicted molar refractivity (Wildman–Crippen MR) is 67.6 cm³/mol. The van der Waals surface area contributed by atoms with Crippen molar-refractivity contribution in [2.45, 2.75) is 43.5 Å². The Morgan fingerprint density at radius 1 is 1.29 bits per heavy atom. The Morgan fingerprint density at radius 3 is 2.65 bits per heavy atom. The molecule has 2 saturated heterocycles. The molecule has 2 heterocycles. The summed E-state index contributed by atoms with van der Waals surface area (Å²) in [6.45, 7) is 3.78. The smallest absolute Gasteiger partial charge is 0.0946 e. The second-order valence-corrected chi connectivity index (χ2v) is 5.23. The number of hydrogen-bond donors (Lipinski definition) is 1. The fraction of sp³-hybridized carbons (Fsp3) is 0.467. The van der Waals surface area contributed by atoms with Crippen LogP contribution < -0.4 is 0 Å². The zero-order valence-corrected chi connectivity index (χ0v) is 9.93. The van der Waals surface area contributed by atoms with Crippen LogP contribution in [-0.2, 0) is 10.3 Å².